The van der Waals surface area contributed by atoms with Gasteiger partial charge in [0.15, 0.2) is 0 Å². The van der Waals surface area contributed by atoms with Crippen molar-refractivity contribution in [2.24, 2.45) is 0 Å². The number of rotatable bonds is 26. The molecule has 34 heavy (non-hydrogen) atoms. The van der Waals surface area contributed by atoms with Crippen molar-refractivity contribution in [1.29, 1.82) is 0 Å². The van der Waals surface area contributed by atoms with E-state index >= 15 is 0 Å². The molecule has 0 aliphatic heterocycles. The number of carbonyl (C=O) groups excluding carboxylic acids is 1. The van der Waals surface area contributed by atoms with Gasteiger partial charge in [0.2, 0.25) is 5.91 Å². The van der Waals surface area contributed by atoms with Gasteiger partial charge in [-0.05, 0) is 12.8 Å². The number of amides is 1. The molecule has 0 aliphatic rings. The number of nitrogens with one attached hydrogen (secondary N) is 1. The quantitative estimate of drug-likeness (QED) is 0.101. The van der Waals surface area contributed by atoms with Gasteiger partial charge < -0.3 is 20.6 Å². The maximum Gasteiger partial charge on any atom is 0.220 e. The van der Waals surface area contributed by atoms with E-state index in [1.165, 1.54) is 89.9 Å². The predicted octanol–water partition coefficient (Wildman–Crippen LogP) is 6.81. The van der Waals surface area contributed by atoms with Crippen molar-refractivity contribution >= 4 is 5.91 Å². The van der Waals surface area contributed by atoms with Crippen LogP contribution in [0.25, 0.3) is 0 Å². The largest absolute Gasteiger partial charge is 0.394 e. The highest BCUT2D eigenvalue weighted by Gasteiger charge is 2.26. The zero-order valence-electron chi connectivity index (χ0n) is 22.7. The Labute approximate surface area is 211 Å². The number of hydrogen-bond acceptors (Lipinski definition) is 4. The second-order valence-corrected chi connectivity index (χ2v) is 10.3. The van der Waals surface area contributed by atoms with Gasteiger partial charge in [0.1, 0.15) is 6.10 Å². The van der Waals surface area contributed by atoms with Crippen molar-refractivity contribution in [2.45, 2.75) is 173 Å². The minimum absolute atomic E-state index is 0.150. The van der Waals surface area contributed by atoms with E-state index in [0.717, 1.165) is 38.5 Å². The first-order valence-corrected chi connectivity index (χ1v) is 14.8. The summed E-state index contributed by atoms with van der Waals surface area (Å²) < 4.78 is 0. The van der Waals surface area contributed by atoms with E-state index in [0.29, 0.717) is 12.8 Å². The van der Waals surface area contributed by atoms with Crippen LogP contribution in [-0.2, 0) is 4.79 Å². The van der Waals surface area contributed by atoms with Crippen LogP contribution in [0.2, 0.25) is 0 Å². The molecule has 0 saturated carbocycles. The third-order valence-corrected chi connectivity index (χ3v) is 6.96. The summed E-state index contributed by atoms with van der Waals surface area (Å²) in [6.07, 6.45) is 23.3. The molecule has 1 amide bonds. The molecule has 0 fully saturated rings. The molecule has 0 spiro atoms. The van der Waals surface area contributed by atoms with E-state index in [2.05, 4.69) is 19.2 Å². The number of aliphatic hydroxyl groups excluding tert-OH is 3. The lowest BCUT2D eigenvalue weighted by Crippen LogP contribution is -2.50. The first-order valence-electron chi connectivity index (χ1n) is 14.8. The highest BCUT2D eigenvalue weighted by molar-refractivity contribution is 5.76. The van der Waals surface area contributed by atoms with Crippen LogP contribution in [0, 0.1) is 0 Å². The van der Waals surface area contributed by atoms with Crippen LogP contribution in [0.5, 0.6) is 0 Å². The van der Waals surface area contributed by atoms with E-state index in [1.807, 2.05) is 0 Å². The molecule has 204 valence electrons. The Morgan fingerprint density at radius 1 is 0.618 bits per heavy atom. The van der Waals surface area contributed by atoms with Gasteiger partial charge in [0.25, 0.3) is 0 Å². The van der Waals surface area contributed by atoms with Gasteiger partial charge in [-0.25, -0.2) is 0 Å². The van der Waals surface area contributed by atoms with Gasteiger partial charge in [-0.15, -0.1) is 0 Å². The molecule has 0 aromatic heterocycles. The molecule has 0 aromatic rings. The average molecular weight is 486 g/mol. The molecule has 0 aromatic carbocycles. The Morgan fingerprint density at radius 3 is 1.41 bits per heavy atom. The van der Waals surface area contributed by atoms with Crippen LogP contribution in [0.1, 0.15) is 155 Å². The summed E-state index contributed by atoms with van der Waals surface area (Å²) in [5.74, 6) is -0.150. The van der Waals surface area contributed by atoms with Gasteiger partial charge in [-0.1, -0.05) is 136 Å². The first-order chi connectivity index (χ1) is 16.6. The van der Waals surface area contributed by atoms with Crippen LogP contribution < -0.4 is 5.32 Å². The molecule has 5 heteroatoms. The summed E-state index contributed by atoms with van der Waals surface area (Å²) in [6.45, 7) is 4.11. The molecule has 5 nitrogen and oxygen atoms in total. The number of unbranched alkanes of at least 4 members (excludes halogenated alkanes) is 18. The van der Waals surface area contributed by atoms with E-state index in [4.69, 9.17) is 0 Å². The zero-order valence-corrected chi connectivity index (χ0v) is 22.7. The topological polar surface area (TPSA) is 89.8 Å². The zero-order chi connectivity index (χ0) is 25.3. The fourth-order valence-electron chi connectivity index (χ4n) is 4.57. The van der Waals surface area contributed by atoms with E-state index in [-0.39, 0.29) is 12.5 Å². The fraction of sp³-hybridized carbons (Fsp3) is 0.966. The van der Waals surface area contributed by atoms with Crippen molar-refractivity contribution < 1.29 is 20.1 Å². The standard InChI is InChI=1S/C29H59NO4/c1-3-5-7-9-11-13-14-16-17-19-21-23-27(32)29(34)26(25-31)30-28(33)24-22-20-18-15-12-10-8-6-4-2/h26-27,29,31-32,34H,3-25H2,1-2H3,(H,30,33)/t26-,27+,29-/m0/s1. The van der Waals surface area contributed by atoms with Crippen molar-refractivity contribution in [2.75, 3.05) is 6.61 Å². The van der Waals surface area contributed by atoms with Crippen molar-refractivity contribution in [3.8, 4) is 0 Å². The van der Waals surface area contributed by atoms with E-state index in [1.54, 1.807) is 0 Å². The van der Waals surface area contributed by atoms with Crippen LogP contribution >= 0.6 is 0 Å². The second-order valence-electron chi connectivity index (χ2n) is 10.3. The average Bonchev–Trinajstić information content (AvgIpc) is 2.84. The number of hydrogen-bond donors (Lipinski definition) is 4. The lowest BCUT2D eigenvalue weighted by molar-refractivity contribution is -0.124. The molecule has 0 saturated heterocycles. The minimum atomic E-state index is -1.12. The highest BCUT2D eigenvalue weighted by atomic mass is 16.3. The normalized spacial score (nSPS) is 14.1. The van der Waals surface area contributed by atoms with Gasteiger partial charge in [0, 0.05) is 6.42 Å². The minimum Gasteiger partial charge on any atom is -0.394 e. The Bertz CT molecular complexity index is 432. The summed E-state index contributed by atoms with van der Waals surface area (Å²) >= 11 is 0. The lowest BCUT2D eigenvalue weighted by atomic mass is 9.99. The molecular weight excluding hydrogens is 426 g/mol. The molecular formula is C29H59NO4. The number of aliphatic hydroxyl groups is 3. The monoisotopic (exact) mass is 485 g/mol. The van der Waals surface area contributed by atoms with Crippen molar-refractivity contribution in [3.63, 3.8) is 0 Å². The van der Waals surface area contributed by atoms with Crippen LogP contribution in [0.3, 0.4) is 0 Å². The molecule has 0 heterocycles. The van der Waals surface area contributed by atoms with Crippen LogP contribution in [-0.4, -0.2) is 46.1 Å². The smallest absolute Gasteiger partial charge is 0.220 e. The Hall–Kier alpha value is -0.650. The highest BCUT2D eigenvalue weighted by Crippen LogP contribution is 2.15. The summed E-state index contributed by atoms with van der Waals surface area (Å²) in [4.78, 5) is 12.2. The van der Waals surface area contributed by atoms with Crippen LogP contribution in [0.4, 0.5) is 0 Å². The maximum absolute atomic E-state index is 12.2. The molecule has 0 aliphatic carbocycles. The molecule has 3 atom stereocenters. The third kappa shape index (κ3) is 20.7. The molecule has 0 rings (SSSR count). The summed E-state index contributed by atoms with van der Waals surface area (Å²) in [5.41, 5.74) is 0. The van der Waals surface area contributed by atoms with E-state index in [9.17, 15) is 20.1 Å². The predicted molar refractivity (Wildman–Crippen MR) is 144 cm³/mol. The number of carbonyl (C=O) groups is 1. The summed E-state index contributed by atoms with van der Waals surface area (Å²) in [6, 6.07) is -0.797. The van der Waals surface area contributed by atoms with Gasteiger partial charge >= 0.3 is 0 Å². The Kier molecular flexibility index (Phi) is 25.0. The van der Waals surface area contributed by atoms with Gasteiger partial charge in [-0.3, -0.25) is 4.79 Å². The van der Waals surface area contributed by atoms with Gasteiger partial charge in [0.05, 0.1) is 18.8 Å². The summed E-state index contributed by atoms with van der Waals surface area (Å²) in [5, 5.41) is 33.0. The maximum atomic E-state index is 12.2. The van der Waals surface area contributed by atoms with Crippen LogP contribution in [0.15, 0.2) is 0 Å². The first kappa shape index (κ1) is 33.4. The van der Waals surface area contributed by atoms with Gasteiger partial charge in [-0.2, -0.15) is 0 Å². The second kappa shape index (κ2) is 25.4. The Balaban J connectivity index is 3.77. The Morgan fingerprint density at radius 2 is 1.00 bits per heavy atom. The molecule has 0 radical (unpaired) electrons. The molecule has 4 N–H and O–H groups in total. The van der Waals surface area contributed by atoms with Crippen molar-refractivity contribution in [3.05, 3.63) is 0 Å². The fourth-order valence-corrected chi connectivity index (χ4v) is 4.57. The van der Waals surface area contributed by atoms with Crippen molar-refractivity contribution in [1.82, 2.24) is 5.32 Å². The summed E-state index contributed by atoms with van der Waals surface area (Å²) in [7, 11) is 0. The SMILES string of the molecule is CCCCCCCCCCCCC[C@@H](O)[C@@H](O)[C@H](CO)NC(=O)CCCCCCCCCCC. The lowest BCUT2D eigenvalue weighted by Gasteiger charge is -2.26. The van der Waals surface area contributed by atoms with E-state index < -0.39 is 18.2 Å². The molecule has 0 bridgehead atoms. The third-order valence-electron chi connectivity index (χ3n) is 6.96. The molecule has 0 unspecified atom stereocenters.